The van der Waals surface area contributed by atoms with E-state index in [-0.39, 0.29) is 11.0 Å². The number of hydrogen-bond acceptors (Lipinski definition) is 3. The van der Waals surface area contributed by atoms with Crippen molar-refractivity contribution in [3.8, 4) is 6.07 Å². The molecule has 4 nitrogen and oxygen atoms in total. The van der Waals surface area contributed by atoms with Crippen molar-refractivity contribution in [1.82, 2.24) is 9.78 Å². The smallest absolute Gasteiger partial charge is 0.267 e. The second-order valence-corrected chi connectivity index (χ2v) is 5.73. The highest BCUT2D eigenvalue weighted by Gasteiger charge is 2.16. The Hall–Kier alpha value is -2.41. The van der Waals surface area contributed by atoms with Crippen LogP contribution >= 0.6 is 0 Å². The number of benzene rings is 1. The van der Waals surface area contributed by atoms with E-state index in [1.165, 1.54) is 10.7 Å². The minimum absolute atomic E-state index is 0.121. The van der Waals surface area contributed by atoms with Crippen LogP contribution in [-0.4, -0.2) is 9.78 Å². The molecule has 0 saturated heterocycles. The van der Waals surface area contributed by atoms with Crippen molar-refractivity contribution in [2.75, 3.05) is 0 Å². The highest BCUT2D eigenvalue weighted by molar-refractivity contribution is 5.37. The van der Waals surface area contributed by atoms with Crippen LogP contribution in [0.2, 0.25) is 0 Å². The molecule has 0 N–H and O–H groups in total. The van der Waals surface area contributed by atoms with Crippen molar-refractivity contribution in [3.63, 3.8) is 0 Å². The van der Waals surface area contributed by atoms with Crippen molar-refractivity contribution in [2.24, 2.45) is 0 Å². The van der Waals surface area contributed by atoms with Crippen LogP contribution in [0, 0.1) is 11.3 Å². The molecule has 102 valence electrons. The summed E-state index contributed by atoms with van der Waals surface area (Å²) in [5.41, 5.74) is 1.94. The van der Waals surface area contributed by atoms with Crippen LogP contribution < -0.4 is 5.56 Å². The van der Waals surface area contributed by atoms with Crippen LogP contribution in [0.1, 0.15) is 37.6 Å². The molecule has 4 heteroatoms. The van der Waals surface area contributed by atoms with E-state index in [1.54, 1.807) is 12.1 Å². The molecule has 0 atom stereocenters. The van der Waals surface area contributed by atoms with Crippen LogP contribution in [-0.2, 0) is 12.0 Å². The van der Waals surface area contributed by atoms with E-state index >= 15 is 0 Å². The average Bonchev–Trinajstić information content (AvgIpc) is 2.40. The molecule has 0 aliphatic carbocycles. The van der Waals surface area contributed by atoms with Crippen molar-refractivity contribution < 1.29 is 0 Å². The Bertz CT molecular complexity index is 717. The molecule has 0 radical (unpaired) electrons. The van der Waals surface area contributed by atoms with Crippen LogP contribution in [0.4, 0.5) is 0 Å². The normalized spacial score (nSPS) is 11.1. The summed E-state index contributed by atoms with van der Waals surface area (Å²) >= 11 is 0. The topological polar surface area (TPSA) is 58.7 Å². The van der Waals surface area contributed by atoms with Crippen LogP contribution in [0.3, 0.4) is 0 Å². The Kier molecular flexibility index (Phi) is 3.71. The van der Waals surface area contributed by atoms with Gasteiger partial charge in [0.25, 0.3) is 5.56 Å². The predicted molar refractivity (Wildman–Crippen MR) is 77.5 cm³/mol. The lowest BCUT2D eigenvalue weighted by molar-refractivity contribution is 0.517. The largest absolute Gasteiger partial charge is 0.268 e. The highest BCUT2D eigenvalue weighted by Crippen LogP contribution is 2.18. The van der Waals surface area contributed by atoms with Crippen LogP contribution in [0.15, 0.2) is 41.2 Å². The minimum atomic E-state index is -0.161. The first kappa shape index (κ1) is 14.0. The van der Waals surface area contributed by atoms with Gasteiger partial charge in [-0.2, -0.15) is 10.4 Å². The fourth-order valence-corrected chi connectivity index (χ4v) is 1.89. The lowest BCUT2D eigenvalue weighted by Gasteiger charge is -2.18. The first-order valence-corrected chi connectivity index (χ1v) is 6.48. The lowest BCUT2D eigenvalue weighted by Crippen LogP contribution is -2.27. The zero-order valence-electron chi connectivity index (χ0n) is 11.9. The Morgan fingerprint density at radius 3 is 2.55 bits per heavy atom. The molecule has 0 aliphatic rings. The molecule has 0 unspecified atom stereocenters. The van der Waals surface area contributed by atoms with E-state index in [1.807, 2.05) is 39.0 Å². The van der Waals surface area contributed by atoms with Crippen molar-refractivity contribution in [3.05, 3.63) is 63.6 Å². The first-order chi connectivity index (χ1) is 9.41. The molecule has 20 heavy (non-hydrogen) atoms. The van der Waals surface area contributed by atoms with Gasteiger partial charge < -0.3 is 0 Å². The van der Waals surface area contributed by atoms with Gasteiger partial charge in [-0.3, -0.25) is 4.79 Å². The molecule has 0 aliphatic heterocycles. The number of rotatable bonds is 2. The summed E-state index contributed by atoms with van der Waals surface area (Å²) < 4.78 is 1.41. The van der Waals surface area contributed by atoms with Gasteiger partial charge in [-0.25, -0.2) is 4.68 Å². The van der Waals surface area contributed by atoms with Crippen molar-refractivity contribution >= 4 is 0 Å². The molecular weight excluding hydrogens is 250 g/mol. The highest BCUT2D eigenvalue weighted by atomic mass is 16.1. The van der Waals surface area contributed by atoms with E-state index in [0.717, 1.165) is 11.3 Å². The van der Waals surface area contributed by atoms with Gasteiger partial charge in [-0.1, -0.05) is 39.0 Å². The Labute approximate surface area is 118 Å². The molecule has 1 aromatic heterocycles. The third-order valence-electron chi connectivity index (χ3n) is 3.09. The second-order valence-electron chi connectivity index (χ2n) is 5.73. The Balaban J connectivity index is 2.44. The van der Waals surface area contributed by atoms with Crippen molar-refractivity contribution in [2.45, 2.75) is 32.7 Å². The fraction of sp³-hybridized carbons (Fsp3) is 0.312. The predicted octanol–water partition coefficient (Wildman–Crippen LogP) is 2.46. The number of nitrogens with zero attached hydrogens (tertiary/aromatic N) is 3. The fourth-order valence-electron chi connectivity index (χ4n) is 1.89. The molecule has 0 saturated carbocycles. The average molecular weight is 267 g/mol. The van der Waals surface area contributed by atoms with Crippen LogP contribution in [0.5, 0.6) is 0 Å². The zero-order chi connectivity index (χ0) is 14.8. The van der Waals surface area contributed by atoms with Crippen molar-refractivity contribution in [1.29, 1.82) is 5.26 Å². The molecule has 2 rings (SSSR count). The van der Waals surface area contributed by atoms with Gasteiger partial charge in [-0.15, -0.1) is 0 Å². The molecule has 1 aromatic carbocycles. The summed E-state index contributed by atoms with van der Waals surface area (Å²) in [4.78, 5) is 11.9. The Morgan fingerprint density at radius 2 is 1.90 bits per heavy atom. The molecule has 0 spiro atoms. The maximum absolute atomic E-state index is 11.9. The van der Waals surface area contributed by atoms with Gasteiger partial charge in [-0.05, 0) is 17.7 Å². The molecule has 0 bridgehead atoms. The monoisotopic (exact) mass is 267 g/mol. The van der Waals surface area contributed by atoms with Gasteiger partial charge >= 0.3 is 0 Å². The number of nitriles is 1. The summed E-state index contributed by atoms with van der Waals surface area (Å²) in [6.07, 6.45) is 0. The number of hydrogen-bond donors (Lipinski definition) is 0. The SMILES string of the molecule is CC(C)(C)c1ccc(=O)n(Cc2ccccc2C#N)n1. The molecule has 0 amide bonds. The zero-order valence-corrected chi connectivity index (χ0v) is 11.9. The first-order valence-electron chi connectivity index (χ1n) is 6.48. The van der Waals surface area contributed by atoms with E-state index in [2.05, 4.69) is 11.2 Å². The summed E-state index contributed by atoms with van der Waals surface area (Å²) in [5, 5.41) is 13.5. The summed E-state index contributed by atoms with van der Waals surface area (Å²) in [5.74, 6) is 0. The van der Waals surface area contributed by atoms with E-state index < -0.39 is 0 Å². The third kappa shape index (κ3) is 2.94. The third-order valence-corrected chi connectivity index (χ3v) is 3.09. The molecule has 1 heterocycles. The minimum Gasteiger partial charge on any atom is -0.268 e. The summed E-state index contributed by atoms with van der Waals surface area (Å²) in [6.45, 7) is 6.46. The number of aromatic nitrogens is 2. The Morgan fingerprint density at radius 1 is 1.20 bits per heavy atom. The van der Waals surface area contributed by atoms with E-state index in [0.29, 0.717) is 12.1 Å². The summed E-state index contributed by atoms with van der Waals surface area (Å²) in [7, 11) is 0. The van der Waals surface area contributed by atoms with E-state index in [9.17, 15) is 4.79 Å². The van der Waals surface area contributed by atoms with Gasteiger partial charge in [0.1, 0.15) is 0 Å². The van der Waals surface area contributed by atoms with E-state index in [4.69, 9.17) is 5.26 Å². The second kappa shape index (κ2) is 5.30. The van der Waals surface area contributed by atoms with Gasteiger partial charge in [0.2, 0.25) is 0 Å². The standard InChI is InChI=1S/C16H17N3O/c1-16(2,3)14-8-9-15(20)19(18-14)11-13-7-5-4-6-12(13)10-17/h4-9H,11H2,1-3H3. The van der Waals surface area contributed by atoms with Gasteiger partial charge in [0.05, 0.1) is 23.9 Å². The van der Waals surface area contributed by atoms with Crippen LogP contribution in [0.25, 0.3) is 0 Å². The quantitative estimate of drug-likeness (QED) is 0.839. The summed E-state index contributed by atoms with van der Waals surface area (Å²) in [6, 6.07) is 12.7. The van der Waals surface area contributed by atoms with Gasteiger partial charge in [0, 0.05) is 11.5 Å². The lowest BCUT2D eigenvalue weighted by atomic mass is 9.92. The molecule has 2 aromatic rings. The maximum Gasteiger partial charge on any atom is 0.267 e. The maximum atomic E-state index is 11.9. The molecule has 0 fully saturated rings. The van der Waals surface area contributed by atoms with Gasteiger partial charge in [0.15, 0.2) is 0 Å². The molecular formula is C16H17N3O.